The van der Waals surface area contributed by atoms with Gasteiger partial charge in [0.05, 0.1) is 4.90 Å². The number of sulfonamides is 1. The van der Waals surface area contributed by atoms with Crippen LogP contribution in [0.25, 0.3) is 0 Å². The number of hydrogen-bond donors (Lipinski definition) is 2. The molecular weight excluding hydrogens is 284 g/mol. The molecule has 3 N–H and O–H groups in total. The number of rotatable bonds is 3. The van der Waals surface area contributed by atoms with E-state index in [1.165, 1.54) is 44.9 Å². The first-order chi connectivity index (χ1) is 10.0. The van der Waals surface area contributed by atoms with Crippen molar-refractivity contribution < 1.29 is 8.42 Å². The molecule has 3 rings (SSSR count). The molecule has 116 valence electrons. The Morgan fingerprint density at radius 1 is 0.952 bits per heavy atom. The smallest absolute Gasteiger partial charge is 0.238 e. The van der Waals surface area contributed by atoms with E-state index < -0.39 is 10.0 Å². The molecular formula is C16H24N2O2S. The molecule has 0 saturated heterocycles. The Hall–Kier alpha value is -1.07. The molecule has 2 saturated carbocycles. The third-order valence-corrected chi connectivity index (χ3v) is 6.02. The zero-order valence-corrected chi connectivity index (χ0v) is 13.1. The van der Waals surface area contributed by atoms with Gasteiger partial charge in [0.2, 0.25) is 10.0 Å². The Bertz CT molecular complexity index is 583. The summed E-state index contributed by atoms with van der Waals surface area (Å²) in [4.78, 5) is 0.170. The number of benzene rings is 1. The Balaban J connectivity index is 1.62. The van der Waals surface area contributed by atoms with Crippen molar-refractivity contribution >= 4 is 15.7 Å². The number of primary sulfonamides is 1. The van der Waals surface area contributed by atoms with Gasteiger partial charge in [-0.05, 0) is 55.4 Å². The topological polar surface area (TPSA) is 72.2 Å². The maximum atomic E-state index is 11.2. The fourth-order valence-corrected chi connectivity index (χ4v) is 4.50. The standard InChI is InChI=1S/C16H24N2O2S/c17-21(19,20)16-9-7-14(8-10-16)18-15-6-5-12-3-1-2-4-13(12)11-15/h7-10,12-13,15,18H,1-6,11H2,(H2,17,19,20). The van der Waals surface area contributed by atoms with E-state index in [4.69, 9.17) is 5.14 Å². The zero-order chi connectivity index (χ0) is 14.9. The monoisotopic (exact) mass is 308 g/mol. The van der Waals surface area contributed by atoms with E-state index in [2.05, 4.69) is 5.32 Å². The van der Waals surface area contributed by atoms with E-state index in [0.717, 1.165) is 17.5 Å². The average molecular weight is 308 g/mol. The minimum Gasteiger partial charge on any atom is -0.382 e. The van der Waals surface area contributed by atoms with Crippen LogP contribution in [0.5, 0.6) is 0 Å². The van der Waals surface area contributed by atoms with Crippen LogP contribution in [0, 0.1) is 11.8 Å². The van der Waals surface area contributed by atoms with E-state index in [-0.39, 0.29) is 4.90 Å². The van der Waals surface area contributed by atoms with Crippen LogP contribution >= 0.6 is 0 Å². The van der Waals surface area contributed by atoms with Crippen molar-refractivity contribution in [3.63, 3.8) is 0 Å². The van der Waals surface area contributed by atoms with Gasteiger partial charge in [-0.25, -0.2) is 13.6 Å². The van der Waals surface area contributed by atoms with E-state index in [0.29, 0.717) is 6.04 Å². The fraction of sp³-hybridized carbons (Fsp3) is 0.625. The summed E-state index contributed by atoms with van der Waals surface area (Å²) in [5.41, 5.74) is 0.988. The molecule has 0 spiro atoms. The second-order valence-corrected chi connectivity index (χ2v) is 8.09. The van der Waals surface area contributed by atoms with Gasteiger partial charge >= 0.3 is 0 Å². The van der Waals surface area contributed by atoms with Crippen LogP contribution in [0.1, 0.15) is 44.9 Å². The number of nitrogens with two attached hydrogens (primary N) is 1. The third-order valence-electron chi connectivity index (χ3n) is 5.09. The largest absolute Gasteiger partial charge is 0.382 e. The normalized spacial score (nSPS) is 29.7. The Morgan fingerprint density at radius 2 is 1.62 bits per heavy atom. The van der Waals surface area contributed by atoms with E-state index in [1.54, 1.807) is 12.1 Å². The quantitative estimate of drug-likeness (QED) is 0.901. The minimum atomic E-state index is -3.60. The van der Waals surface area contributed by atoms with Crippen LogP contribution in [-0.2, 0) is 10.0 Å². The zero-order valence-electron chi connectivity index (χ0n) is 12.3. The summed E-state index contributed by atoms with van der Waals surface area (Å²) in [5, 5.41) is 8.67. The summed E-state index contributed by atoms with van der Waals surface area (Å²) in [6, 6.07) is 7.29. The van der Waals surface area contributed by atoms with Crippen LogP contribution < -0.4 is 10.5 Å². The predicted octanol–water partition coefficient (Wildman–Crippen LogP) is 3.10. The lowest BCUT2D eigenvalue weighted by Gasteiger charge is -2.39. The molecule has 1 aromatic rings. The molecule has 2 aliphatic rings. The average Bonchev–Trinajstić information content (AvgIpc) is 2.47. The number of nitrogens with one attached hydrogen (secondary N) is 1. The molecule has 0 aromatic heterocycles. The van der Waals surface area contributed by atoms with Gasteiger partial charge in [-0.3, -0.25) is 0 Å². The highest BCUT2D eigenvalue weighted by atomic mass is 32.2. The Kier molecular flexibility index (Phi) is 4.22. The highest BCUT2D eigenvalue weighted by Gasteiger charge is 2.31. The minimum absolute atomic E-state index is 0.170. The van der Waals surface area contributed by atoms with Gasteiger partial charge in [0.1, 0.15) is 0 Å². The van der Waals surface area contributed by atoms with Gasteiger partial charge in [-0.2, -0.15) is 0 Å². The lowest BCUT2D eigenvalue weighted by molar-refractivity contribution is 0.162. The van der Waals surface area contributed by atoms with Crippen molar-refractivity contribution in [3.05, 3.63) is 24.3 Å². The predicted molar refractivity (Wildman–Crippen MR) is 84.5 cm³/mol. The molecule has 3 unspecified atom stereocenters. The van der Waals surface area contributed by atoms with Gasteiger partial charge in [-0.15, -0.1) is 0 Å². The Labute approximate surface area is 127 Å². The molecule has 2 fully saturated rings. The molecule has 0 aliphatic heterocycles. The number of anilines is 1. The molecule has 3 atom stereocenters. The van der Waals surface area contributed by atoms with Crippen LogP contribution in [0.4, 0.5) is 5.69 Å². The lowest BCUT2D eigenvalue weighted by atomic mass is 9.69. The second-order valence-electron chi connectivity index (χ2n) is 6.53. The van der Waals surface area contributed by atoms with Crippen LogP contribution in [-0.4, -0.2) is 14.5 Å². The molecule has 0 radical (unpaired) electrons. The van der Waals surface area contributed by atoms with Gasteiger partial charge in [0, 0.05) is 11.7 Å². The van der Waals surface area contributed by atoms with Gasteiger partial charge < -0.3 is 5.32 Å². The third kappa shape index (κ3) is 3.58. The van der Waals surface area contributed by atoms with Crippen molar-refractivity contribution in [1.29, 1.82) is 0 Å². The molecule has 0 heterocycles. The van der Waals surface area contributed by atoms with Crippen molar-refractivity contribution in [2.45, 2.75) is 55.9 Å². The summed E-state index contributed by atoms with van der Waals surface area (Å²) in [6.07, 6.45) is 9.40. The number of fused-ring (bicyclic) bond motifs is 1. The highest BCUT2D eigenvalue weighted by Crippen LogP contribution is 2.41. The first kappa shape index (κ1) is 14.9. The van der Waals surface area contributed by atoms with Crippen LogP contribution in [0.2, 0.25) is 0 Å². The summed E-state index contributed by atoms with van der Waals surface area (Å²) in [7, 11) is -3.60. The van der Waals surface area contributed by atoms with Crippen LogP contribution in [0.3, 0.4) is 0 Å². The summed E-state index contributed by atoms with van der Waals surface area (Å²) in [5.74, 6) is 1.83. The SMILES string of the molecule is NS(=O)(=O)c1ccc(NC2CCC3CCCCC3C2)cc1. The van der Waals surface area contributed by atoms with Crippen molar-refractivity contribution in [1.82, 2.24) is 0 Å². The maximum Gasteiger partial charge on any atom is 0.238 e. The van der Waals surface area contributed by atoms with Gasteiger partial charge in [0.15, 0.2) is 0 Å². The fourth-order valence-electron chi connectivity index (χ4n) is 3.98. The molecule has 4 nitrogen and oxygen atoms in total. The molecule has 0 bridgehead atoms. The summed E-state index contributed by atoms with van der Waals surface area (Å²) < 4.78 is 22.5. The first-order valence-electron chi connectivity index (χ1n) is 7.92. The second kappa shape index (κ2) is 5.97. The number of hydrogen-bond acceptors (Lipinski definition) is 3. The van der Waals surface area contributed by atoms with E-state index in [1.807, 2.05) is 12.1 Å². The molecule has 21 heavy (non-hydrogen) atoms. The van der Waals surface area contributed by atoms with E-state index >= 15 is 0 Å². The van der Waals surface area contributed by atoms with Crippen molar-refractivity contribution in [3.8, 4) is 0 Å². The molecule has 5 heteroatoms. The first-order valence-corrected chi connectivity index (χ1v) is 9.46. The van der Waals surface area contributed by atoms with Crippen molar-refractivity contribution in [2.24, 2.45) is 17.0 Å². The highest BCUT2D eigenvalue weighted by molar-refractivity contribution is 7.89. The summed E-state index contributed by atoms with van der Waals surface area (Å²) >= 11 is 0. The van der Waals surface area contributed by atoms with E-state index in [9.17, 15) is 8.42 Å². The maximum absolute atomic E-state index is 11.2. The van der Waals surface area contributed by atoms with Crippen molar-refractivity contribution in [2.75, 3.05) is 5.32 Å². The van der Waals surface area contributed by atoms with Gasteiger partial charge in [0.25, 0.3) is 0 Å². The molecule has 0 amide bonds. The Morgan fingerprint density at radius 3 is 2.29 bits per heavy atom. The summed E-state index contributed by atoms with van der Waals surface area (Å²) in [6.45, 7) is 0. The van der Waals surface area contributed by atoms with Gasteiger partial charge in [-0.1, -0.05) is 25.7 Å². The lowest BCUT2D eigenvalue weighted by Crippen LogP contribution is -2.34. The molecule has 2 aliphatic carbocycles. The van der Waals surface area contributed by atoms with Crippen LogP contribution in [0.15, 0.2) is 29.2 Å². The molecule has 1 aromatic carbocycles.